The van der Waals surface area contributed by atoms with Crippen molar-refractivity contribution in [3.05, 3.63) is 170 Å². The summed E-state index contributed by atoms with van der Waals surface area (Å²) in [5.74, 6) is 0. The van der Waals surface area contributed by atoms with Crippen LogP contribution in [0.2, 0.25) is 0 Å². The molecule has 1 N–H and O–H groups in total. The summed E-state index contributed by atoms with van der Waals surface area (Å²) in [7, 11) is 0. The second-order valence-corrected chi connectivity index (χ2v) is 13.3. The molecule has 0 saturated carbocycles. The molecule has 0 bridgehead atoms. The third-order valence-electron chi connectivity index (χ3n) is 10.8. The minimum absolute atomic E-state index is 0.0890. The van der Waals surface area contributed by atoms with Crippen LogP contribution in [0.25, 0.3) is 86.9 Å². The average Bonchev–Trinajstić information content (AvgIpc) is 3.56. The Bertz CT molecular complexity index is 2860. The zero-order chi connectivity index (χ0) is 32.1. The zero-order valence-corrected chi connectivity index (χ0v) is 26.7. The molecule has 9 aromatic rings. The predicted molar refractivity (Wildman–Crippen MR) is 211 cm³/mol. The Balaban J connectivity index is 1.18. The summed E-state index contributed by atoms with van der Waals surface area (Å²) in [5.41, 5.74) is 7.22. The van der Waals surface area contributed by atoms with Gasteiger partial charge in [0.15, 0.2) is 0 Å². The minimum atomic E-state index is 0.0890. The molecule has 0 spiro atoms. The summed E-state index contributed by atoms with van der Waals surface area (Å²) in [6.45, 7) is 0. The van der Waals surface area contributed by atoms with Gasteiger partial charge in [-0.3, -0.25) is 0 Å². The first-order valence-electron chi connectivity index (χ1n) is 17.1. The van der Waals surface area contributed by atoms with E-state index in [1.165, 1.54) is 98.3 Å². The van der Waals surface area contributed by atoms with Gasteiger partial charge in [-0.05, 0) is 118 Å². The van der Waals surface area contributed by atoms with Crippen LogP contribution in [0.5, 0.6) is 0 Å². The molecule has 0 aliphatic carbocycles. The molecule has 1 unspecified atom stereocenters. The van der Waals surface area contributed by atoms with E-state index in [0.29, 0.717) is 0 Å². The van der Waals surface area contributed by atoms with Gasteiger partial charge in [-0.2, -0.15) is 0 Å². The number of anilines is 2. The Morgan fingerprint density at radius 1 is 0.388 bits per heavy atom. The summed E-state index contributed by atoms with van der Waals surface area (Å²) in [6.07, 6.45) is 8.77. The van der Waals surface area contributed by atoms with E-state index in [2.05, 4.69) is 180 Å². The van der Waals surface area contributed by atoms with Crippen LogP contribution in [0.1, 0.15) is 0 Å². The number of nitrogens with zero attached hydrogens (tertiary/aromatic N) is 1. The first kappa shape index (κ1) is 26.7. The van der Waals surface area contributed by atoms with Crippen molar-refractivity contribution in [1.29, 1.82) is 0 Å². The number of rotatable bonds is 2. The topological polar surface area (TPSA) is 15.3 Å². The molecule has 1 atom stereocenters. The van der Waals surface area contributed by atoms with Crippen molar-refractivity contribution in [2.24, 2.45) is 0 Å². The number of hydrogen-bond donors (Lipinski definition) is 1. The second-order valence-electron chi connectivity index (χ2n) is 13.3. The van der Waals surface area contributed by atoms with Crippen LogP contribution in [0.3, 0.4) is 0 Å². The molecule has 2 heteroatoms. The van der Waals surface area contributed by atoms with E-state index < -0.39 is 0 Å². The molecule has 2 nitrogen and oxygen atoms in total. The highest BCUT2D eigenvalue weighted by atomic mass is 15.3. The highest BCUT2D eigenvalue weighted by molar-refractivity contribution is 6.27. The largest absolute Gasteiger partial charge is 0.359 e. The van der Waals surface area contributed by atoms with E-state index in [9.17, 15) is 0 Å². The van der Waals surface area contributed by atoms with Crippen molar-refractivity contribution >= 4 is 76.0 Å². The fourth-order valence-corrected chi connectivity index (χ4v) is 8.53. The second kappa shape index (κ2) is 10.1. The van der Waals surface area contributed by atoms with Crippen LogP contribution in [0.15, 0.2) is 170 Å². The van der Waals surface area contributed by atoms with E-state index in [-0.39, 0.29) is 6.17 Å². The van der Waals surface area contributed by atoms with Crippen LogP contribution < -0.4 is 10.2 Å². The van der Waals surface area contributed by atoms with Crippen molar-refractivity contribution in [3.63, 3.8) is 0 Å². The molecular formula is C47H30N2. The van der Waals surface area contributed by atoms with Gasteiger partial charge in [0.25, 0.3) is 0 Å². The van der Waals surface area contributed by atoms with Gasteiger partial charge in [-0.25, -0.2) is 0 Å². The van der Waals surface area contributed by atoms with E-state index in [1.807, 2.05) is 0 Å². The van der Waals surface area contributed by atoms with Gasteiger partial charge in [0.1, 0.15) is 6.17 Å². The first-order valence-corrected chi connectivity index (χ1v) is 17.1. The fraction of sp³-hybridized carbons (Fsp3) is 0.0213. The molecule has 0 radical (unpaired) electrons. The van der Waals surface area contributed by atoms with Gasteiger partial charge in [-0.1, -0.05) is 127 Å². The van der Waals surface area contributed by atoms with Crippen molar-refractivity contribution in [3.8, 4) is 22.3 Å². The van der Waals surface area contributed by atoms with Crippen molar-refractivity contribution in [2.45, 2.75) is 6.17 Å². The van der Waals surface area contributed by atoms with Crippen LogP contribution in [0, 0.1) is 0 Å². The molecule has 0 fully saturated rings. The maximum Gasteiger partial charge on any atom is 0.123 e. The number of fused-ring (bicyclic) bond motifs is 15. The van der Waals surface area contributed by atoms with E-state index in [0.717, 1.165) is 0 Å². The summed E-state index contributed by atoms with van der Waals surface area (Å²) in [6, 6.07) is 54.1. The van der Waals surface area contributed by atoms with Crippen LogP contribution in [0.4, 0.5) is 11.4 Å². The Kier molecular flexibility index (Phi) is 5.47. The molecule has 49 heavy (non-hydrogen) atoms. The number of hydrogen-bond acceptors (Lipinski definition) is 2. The average molecular weight is 623 g/mol. The molecule has 11 rings (SSSR count). The lowest BCUT2D eigenvalue weighted by Crippen LogP contribution is -2.30. The number of nitrogens with one attached hydrogen (secondary N) is 1. The highest BCUT2D eigenvalue weighted by Gasteiger charge is 2.30. The smallest absolute Gasteiger partial charge is 0.123 e. The van der Waals surface area contributed by atoms with E-state index in [1.54, 1.807) is 0 Å². The quantitative estimate of drug-likeness (QED) is 0.193. The summed E-state index contributed by atoms with van der Waals surface area (Å²) in [5, 5.41) is 19.4. The normalized spacial score (nSPS) is 15.1. The maximum absolute atomic E-state index is 3.86. The first-order chi connectivity index (χ1) is 24.3. The fourth-order valence-electron chi connectivity index (χ4n) is 8.53. The van der Waals surface area contributed by atoms with Gasteiger partial charge in [0, 0.05) is 11.8 Å². The van der Waals surface area contributed by atoms with Crippen molar-refractivity contribution < 1.29 is 0 Å². The SMILES string of the molecule is C1=CC2Nc3c(-c4ccc5c6ccccc6c6ccccc6c5c4)cc(-c4ccc5c6ccccc6c6ccccc6c5c4)cc3N2C=C1. The summed E-state index contributed by atoms with van der Waals surface area (Å²) >= 11 is 0. The van der Waals surface area contributed by atoms with Gasteiger partial charge in [-0.15, -0.1) is 0 Å². The molecule has 0 amide bonds. The van der Waals surface area contributed by atoms with Crippen molar-refractivity contribution in [2.75, 3.05) is 10.2 Å². The maximum atomic E-state index is 3.86. The Morgan fingerprint density at radius 3 is 1.37 bits per heavy atom. The van der Waals surface area contributed by atoms with Crippen LogP contribution in [-0.2, 0) is 0 Å². The molecule has 9 aromatic carbocycles. The highest BCUT2D eigenvalue weighted by Crippen LogP contribution is 2.48. The van der Waals surface area contributed by atoms with Crippen LogP contribution in [-0.4, -0.2) is 6.17 Å². The van der Waals surface area contributed by atoms with Gasteiger partial charge < -0.3 is 10.2 Å². The van der Waals surface area contributed by atoms with Crippen molar-refractivity contribution in [1.82, 2.24) is 0 Å². The molecule has 2 aliphatic heterocycles. The van der Waals surface area contributed by atoms with Gasteiger partial charge in [0.2, 0.25) is 0 Å². The number of allylic oxidation sites excluding steroid dienone is 2. The molecular weight excluding hydrogens is 593 g/mol. The third-order valence-corrected chi connectivity index (χ3v) is 10.8. The van der Waals surface area contributed by atoms with Gasteiger partial charge in [0.05, 0.1) is 11.4 Å². The van der Waals surface area contributed by atoms with E-state index >= 15 is 0 Å². The number of benzene rings is 9. The van der Waals surface area contributed by atoms with Gasteiger partial charge >= 0.3 is 0 Å². The summed E-state index contributed by atoms with van der Waals surface area (Å²) < 4.78 is 0. The molecule has 2 heterocycles. The van der Waals surface area contributed by atoms with Crippen LogP contribution >= 0.6 is 0 Å². The molecule has 2 aliphatic rings. The lowest BCUT2D eigenvalue weighted by Gasteiger charge is -2.22. The Labute approximate surface area is 283 Å². The molecule has 0 saturated heterocycles. The Hall–Kier alpha value is -6.38. The lowest BCUT2D eigenvalue weighted by atomic mass is 9.89. The monoisotopic (exact) mass is 622 g/mol. The Morgan fingerprint density at radius 2 is 0.837 bits per heavy atom. The van der Waals surface area contributed by atoms with E-state index in [4.69, 9.17) is 0 Å². The lowest BCUT2D eigenvalue weighted by molar-refractivity contribution is 0.908. The predicted octanol–water partition coefficient (Wildman–Crippen LogP) is 12.6. The minimum Gasteiger partial charge on any atom is -0.359 e. The summed E-state index contributed by atoms with van der Waals surface area (Å²) in [4.78, 5) is 2.36. The molecule has 0 aromatic heterocycles. The third kappa shape index (κ3) is 3.83. The zero-order valence-electron chi connectivity index (χ0n) is 26.7. The standard InChI is InChI=1S/C47H30N2/c1-3-15-36-32(11-1)34-13-5-7-17-38(34)43-25-29(20-22-40(36)43)31-27-42(47-45(28-31)49-24-10-9-19-46(49)48-47)30-21-23-41-37-16-4-2-12-33(37)35-14-6-8-18-39(35)44(41)26-30/h1-28,46,48H. The molecule has 228 valence electrons.